The van der Waals surface area contributed by atoms with Gasteiger partial charge in [0.1, 0.15) is 5.82 Å². The molecule has 0 amide bonds. The number of benzene rings is 1. The van der Waals surface area contributed by atoms with E-state index in [0.717, 1.165) is 6.42 Å². The van der Waals surface area contributed by atoms with E-state index in [1.807, 2.05) is 6.07 Å². The highest BCUT2D eigenvalue weighted by Crippen LogP contribution is 2.34. The lowest BCUT2D eigenvalue weighted by Gasteiger charge is -2.15. The minimum absolute atomic E-state index is 0.111. The van der Waals surface area contributed by atoms with E-state index in [1.54, 1.807) is 12.1 Å². The first-order valence-electron chi connectivity index (χ1n) is 5.56. The lowest BCUT2D eigenvalue weighted by Crippen LogP contribution is -2.10. The first-order valence-corrected chi connectivity index (χ1v) is 6.47. The molecule has 0 heterocycles. The smallest absolute Gasteiger partial charge is 0.123 e. The molecule has 0 aromatic heterocycles. The third kappa shape index (κ3) is 2.60. The minimum atomic E-state index is -0.111. The van der Waals surface area contributed by atoms with E-state index in [0.29, 0.717) is 10.7 Å². The Morgan fingerprint density at radius 1 is 1.40 bits per heavy atom. The van der Waals surface area contributed by atoms with Gasteiger partial charge in [0, 0.05) is 4.83 Å². The van der Waals surface area contributed by atoms with Crippen molar-refractivity contribution in [3.8, 4) is 0 Å². The van der Waals surface area contributed by atoms with E-state index in [9.17, 15) is 4.39 Å². The predicted molar refractivity (Wildman–Crippen MR) is 64.9 cm³/mol. The Hall–Kier alpha value is -0.370. The Morgan fingerprint density at radius 3 is 2.87 bits per heavy atom. The standard InChI is InChI=1S/C13H16BrF/c1-9-5-6-12(15)8-11(9)7-10-3-2-4-13(10)14/h5-6,8,10,13H,2-4,7H2,1H3. The van der Waals surface area contributed by atoms with Gasteiger partial charge in [0.25, 0.3) is 0 Å². The third-order valence-corrected chi connectivity index (χ3v) is 4.57. The maximum absolute atomic E-state index is 13.1. The van der Waals surface area contributed by atoms with Crippen molar-refractivity contribution in [1.82, 2.24) is 0 Å². The summed E-state index contributed by atoms with van der Waals surface area (Å²) in [6.45, 7) is 2.06. The molecule has 1 fully saturated rings. The highest BCUT2D eigenvalue weighted by Gasteiger charge is 2.25. The molecule has 15 heavy (non-hydrogen) atoms. The van der Waals surface area contributed by atoms with Crippen LogP contribution in [-0.4, -0.2) is 4.83 Å². The summed E-state index contributed by atoms with van der Waals surface area (Å²) in [5, 5.41) is 0. The van der Waals surface area contributed by atoms with Crippen LogP contribution in [0, 0.1) is 18.7 Å². The lowest BCUT2D eigenvalue weighted by atomic mass is 9.95. The van der Waals surface area contributed by atoms with E-state index in [-0.39, 0.29) is 5.82 Å². The highest BCUT2D eigenvalue weighted by molar-refractivity contribution is 9.09. The van der Waals surface area contributed by atoms with Crippen LogP contribution in [0.1, 0.15) is 30.4 Å². The number of aryl methyl sites for hydroxylation is 1. The van der Waals surface area contributed by atoms with Crippen molar-refractivity contribution in [3.05, 3.63) is 35.1 Å². The van der Waals surface area contributed by atoms with E-state index < -0.39 is 0 Å². The Kier molecular flexibility index (Phi) is 3.45. The van der Waals surface area contributed by atoms with Crippen LogP contribution in [0.3, 0.4) is 0 Å². The van der Waals surface area contributed by atoms with E-state index in [1.165, 1.54) is 30.4 Å². The predicted octanol–water partition coefficient (Wildman–Crippen LogP) is 4.24. The van der Waals surface area contributed by atoms with Crippen molar-refractivity contribution in [2.45, 2.75) is 37.4 Å². The second-order valence-electron chi connectivity index (χ2n) is 4.48. The summed E-state index contributed by atoms with van der Waals surface area (Å²) >= 11 is 3.71. The normalized spacial score (nSPS) is 25.8. The molecule has 1 aromatic rings. The van der Waals surface area contributed by atoms with Crippen molar-refractivity contribution >= 4 is 15.9 Å². The van der Waals surface area contributed by atoms with Gasteiger partial charge in [0.05, 0.1) is 0 Å². The topological polar surface area (TPSA) is 0 Å². The molecule has 2 atom stereocenters. The highest BCUT2D eigenvalue weighted by atomic mass is 79.9. The quantitative estimate of drug-likeness (QED) is 0.706. The van der Waals surface area contributed by atoms with Crippen LogP contribution in [-0.2, 0) is 6.42 Å². The fraction of sp³-hybridized carbons (Fsp3) is 0.538. The molecule has 1 aliphatic rings. The van der Waals surface area contributed by atoms with E-state index in [4.69, 9.17) is 0 Å². The Morgan fingerprint density at radius 2 is 2.20 bits per heavy atom. The molecule has 1 saturated carbocycles. The first kappa shape index (κ1) is 11.1. The summed E-state index contributed by atoms with van der Waals surface area (Å²) in [5.74, 6) is 0.574. The number of hydrogen-bond acceptors (Lipinski definition) is 0. The molecule has 1 aromatic carbocycles. The molecule has 0 aliphatic heterocycles. The van der Waals surface area contributed by atoms with Crippen LogP contribution < -0.4 is 0 Å². The monoisotopic (exact) mass is 270 g/mol. The minimum Gasteiger partial charge on any atom is -0.207 e. The maximum Gasteiger partial charge on any atom is 0.123 e. The molecule has 0 radical (unpaired) electrons. The van der Waals surface area contributed by atoms with Crippen molar-refractivity contribution in [2.24, 2.45) is 5.92 Å². The molecule has 0 bridgehead atoms. The molecule has 82 valence electrons. The third-order valence-electron chi connectivity index (χ3n) is 3.36. The first-order chi connectivity index (χ1) is 7.16. The Bertz CT molecular complexity index is 348. The molecule has 2 heteroatoms. The van der Waals surface area contributed by atoms with Gasteiger partial charge in [-0.15, -0.1) is 0 Å². The second-order valence-corrected chi connectivity index (χ2v) is 5.66. The molecule has 0 saturated heterocycles. The fourth-order valence-corrected chi connectivity index (χ4v) is 3.14. The van der Waals surface area contributed by atoms with Gasteiger partial charge in [-0.1, -0.05) is 28.4 Å². The van der Waals surface area contributed by atoms with Crippen LogP contribution >= 0.6 is 15.9 Å². The summed E-state index contributed by atoms with van der Waals surface area (Å²) in [7, 11) is 0. The zero-order valence-corrected chi connectivity index (χ0v) is 10.6. The fourth-order valence-electron chi connectivity index (χ4n) is 2.36. The van der Waals surface area contributed by atoms with Crippen LogP contribution in [0.25, 0.3) is 0 Å². The summed E-state index contributed by atoms with van der Waals surface area (Å²) < 4.78 is 13.1. The molecule has 0 spiro atoms. The zero-order valence-electron chi connectivity index (χ0n) is 8.97. The lowest BCUT2D eigenvalue weighted by molar-refractivity contribution is 0.556. The van der Waals surface area contributed by atoms with Crippen LogP contribution in [0.5, 0.6) is 0 Å². The SMILES string of the molecule is Cc1ccc(F)cc1CC1CCCC1Br. The number of hydrogen-bond donors (Lipinski definition) is 0. The molecule has 1 aliphatic carbocycles. The Balaban J connectivity index is 2.12. The number of alkyl halides is 1. The van der Waals surface area contributed by atoms with Crippen molar-refractivity contribution in [1.29, 1.82) is 0 Å². The largest absolute Gasteiger partial charge is 0.207 e. The Labute approximate surface area is 99.0 Å². The average molecular weight is 271 g/mol. The molecular formula is C13H16BrF. The van der Waals surface area contributed by atoms with Crippen LogP contribution in [0.4, 0.5) is 4.39 Å². The van der Waals surface area contributed by atoms with E-state index >= 15 is 0 Å². The summed E-state index contributed by atoms with van der Waals surface area (Å²) in [6, 6.07) is 5.11. The summed E-state index contributed by atoms with van der Waals surface area (Å²) in [4.78, 5) is 0.625. The molecule has 2 rings (SSSR count). The maximum atomic E-state index is 13.1. The molecule has 0 N–H and O–H groups in total. The van der Waals surface area contributed by atoms with Gasteiger partial charge in [-0.2, -0.15) is 0 Å². The molecule has 0 nitrogen and oxygen atoms in total. The van der Waals surface area contributed by atoms with Gasteiger partial charge in [-0.3, -0.25) is 0 Å². The van der Waals surface area contributed by atoms with Crippen molar-refractivity contribution in [3.63, 3.8) is 0 Å². The number of rotatable bonds is 2. The van der Waals surface area contributed by atoms with Gasteiger partial charge >= 0.3 is 0 Å². The molecular weight excluding hydrogens is 255 g/mol. The van der Waals surface area contributed by atoms with Crippen LogP contribution in [0.15, 0.2) is 18.2 Å². The van der Waals surface area contributed by atoms with E-state index in [2.05, 4.69) is 22.9 Å². The summed E-state index contributed by atoms with van der Waals surface area (Å²) in [5.41, 5.74) is 2.38. The molecule has 2 unspecified atom stereocenters. The van der Waals surface area contributed by atoms with Gasteiger partial charge in [0.15, 0.2) is 0 Å². The van der Waals surface area contributed by atoms with Gasteiger partial charge in [0.2, 0.25) is 0 Å². The van der Waals surface area contributed by atoms with Gasteiger partial charge in [-0.05, 0) is 55.4 Å². The van der Waals surface area contributed by atoms with Gasteiger partial charge < -0.3 is 0 Å². The van der Waals surface area contributed by atoms with Crippen molar-refractivity contribution < 1.29 is 4.39 Å². The van der Waals surface area contributed by atoms with Gasteiger partial charge in [-0.25, -0.2) is 4.39 Å². The number of halogens is 2. The van der Waals surface area contributed by atoms with Crippen LogP contribution in [0.2, 0.25) is 0 Å². The average Bonchev–Trinajstić information content (AvgIpc) is 2.58. The zero-order chi connectivity index (χ0) is 10.8. The second kappa shape index (κ2) is 4.65. The van der Waals surface area contributed by atoms with Crippen molar-refractivity contribution in [2.75, 3.05) is 0 Å². The summed E-state index contributed by atoms with van der Waals surface area (Å²) in [6.07, 6.45) is 4.85.